The first-order valence-corrected chi connectivity index (χ1v) is 4.31. The molecule has 1 aromatic heterocycles. The number of hydrogen-bond donors (Lipinski definition) is 0. The van der Waals surface area contributed by atoms with Crippen LogP contribution in [0.25, 0.3) is 0 Å². The van der Waals surface area contributed by atoms with Crippen LogP contribution >= 0.6 is 10.2 Å². The van der Waals surface area contributed by atoms with Gasteiger partial charge in [0.2, 0.25) is 0 Å². The highest BCUT2D eigenvalue weighted by Crippen LogP contribution is 3.02. The van der Waals surface area contributed by atoms with Crippen molar-refractivity contribution in [1.82, 2.24) is 0 Å². The summed E-state index contributed by atoms with van der Waals surface area (Å²) in [6, 6.07) is 0.196. The molecule has 0 aliphatic rings. The molecule has 1 rings (SSSR count). The second-order valence-electron chi connectivity index (χ2n) is 1.93. The first kappa shape index (κ1) is 8.38. The van der Waals surface area contributed by atoms with Crippen molar-refractivity contribution in [3.63, 3.8) is 0 Å². The monoisotopic (exact) mass is 194 g/mol. The third kappa shape index (κ3) is 1.86. The average molecular weight is 194 g/mol. The maximum absolute atomic E-state index is 11.7. The van der Waals surface area contributed by atoms with Gasteiger partial charge in [-0.05, 0) is 6.07 Å². The van der Waals surface area contributed by atoms with Crippen LogP contribution in [0.5, 0.6) is 0 Å². The maximum atomic E-state index is 11.7. The standard InChI is InChI=1S/C4H3F5OS/c5-11(6,7,8,9)4-1-2-10-3-4/h1-3H. The molecule has 0 N–H and O–H groups in total. The Balaban J connectivity index is 3.33. The normalized spacial score (nSPS) is 19.0. The van der Waals surface area contributed by atoms with E-state index in [2.05, 4.69) is 4.42 Å². The smallest absolute Gasteiger partial charge is 0.313 e. The molecular formula is C4H3F5OS. The van der Waals surface area contributed by atoms with Gasteiger partial charge in [-0.15, -0.1) is 0 Å². The molecule has 0 radical (unpaired) electrons. The van der Waals surface area contributed by atoms with E-state index in [1.165, 1.54) is 0 Å². The van der Waals surface area contributed by atoms with Gasteiger partial charge in [-0.25, -0.2) is 0 Å². The van der Waals surface area contributed by atoms with Crippen molar-refractivity contribution in [2.75, 3.05) is 0 Å². The van der Waals surface area contributed by atoms with Crippen LogP contribution < -0.4 is 0 Å². The molecule has 0 saturated carbocycles. The predicted molar refractivity (Wildman–Crippen MR) is 30.1 cm³/mol. The largest absolute Gasteiger partial charge is 0.471 e. The van der Waals surface area contributed by atoms with Gasteiger partial charge >= 0.3 is 10.2 Å². The predicted octanol–water partition coefficient (Wildman–Crippen LogP) is 3.94. The topological polar surface area (TPSA) is 13.1 Å². The summed E-state index contributed by atoms with van der Waals surface area (Å²) >= 11 is 0. The molecule has 7 heteroatoms. The maximum Gasteiger partial charge on any atom is 0.313 e. The zero-order valence-corrected chi connectivity index (χ0v) is 5.75. The summed E-state index contributed by atoms with van der Waals surface area (Å²) in [5.41, 5.74) is 0. The fourth-order valence-electron chi connectivity index (χ4n) is 0.471. The quantitative estimate of drug-likeness (QED) is 0.617. The van der Waals surface area contributed by atoms with Crippen molar-refractivity contribution in [2.45, 2.75) is 4.90 Å². The average Bonchev–Trinajstić information content (AvgIpc) is 2.01. The van der Waals surface area contributed by atoms with Gasteiger partial charge in [0.1, 0.15) is 11.2 Å². The van der Waals surface area contributed by atoms with Crippen LogP contribution in [-0.4, -0.2) is 0 Å². The lowest BCUT2D eigenvalue weighted by Crippen LogP contribution is -2.03. The zero-order chi connectivity index (χ0) is 8.81. The van der Waals surface area contributed by atoms with Gasteiger partial charge in [-0.3, -0.25) is 0 Å². The number of hydrogen-bond acceptors (Lipinski definition) is 1. The molecule has 0 aliphatic carbocycles. The summed E-state index contributed by atoms with van der Waals surface area (Å²) in [7, 11) is -9.46. The van der Waals surface area contributed by atoms with Gasteiger partial charge in [0.05, 0.1) is 6.26 Å². The lowest BCUT2D eigenvalue weighted by molar-refractivity contribution is 0.362. The Hall–Kier alpha value is -0.720. The number of rotatable bonds is 1. The van der Waals surface area contributed by atoms with Crippen molar-refractivity contribution >= 4 is 10.2 Å². The Morgan fingerprint density at radius 3 is 1.82 bits per heavy atom. The fraction of sp³-hybridized carbons (Fsp3) is 0. The van der Waals surface area contributed by atoms with E-state index in [0.717, 1.165) is 0 Å². The summed E-state index contributed by atoms with van der Waals surface area (Å²) in [5, 5.41) is 0. The summed E-state index contributed by atoms with van der Waals surface area (Å²) < 4.78 is 62.5. The molecule has 0 saturated heterocycles. The molecule has 1 heterocycles. The van der Waals surface area contributed by atoms with E-state index < -0.39 is 15.1 Å². The SMILES string of the molecule is FS(F)(F)(F)(F)c1ccoc1. The van der Waals surface area contributed by atoms with Crippen molar-refractivity contribution in [3.8, 4) is 0 Å². The van der Waals surface area contributed by atoms with E-state index in [-0.39, 0.29) is 12.3 Å². The van der Waals surface area contributed by atoms with Crippen LogP contribution in [0.15, 0.2) is 27.9 Å². The molecule has 66 valence electrons. The lowest BCUT2D eigenvalue weighted by Gasteiger charge is -2.38. The van der Waals surface area contributed by atoms with Crippen LogP contribution in [0.3, 0.4) is 0 Å². The van der Waals surface area contributed by atoms with Crippen LogP contribution in [0.2, 0.25) is 0 Å². The molecular weight excluding hydrogens is 191 g/mol. The summed E-state index contributed by atoms with van der Waals surface area (Å²) in [5.74, 6) is 0. The Morgan fingerprint density at radius 1 is 1.09 bits per heavy atom. The molecule has 1 nitrogen and oxygen atoms in total. The van der Waals surface area contributed by atoms with Crippen LogP contribution in [0, 0.1) is 0 Å². The minimum Gasteiger partial charge on any atom is -0.471 e. The minimum absolute atomic E-state index is 0.0123. The molecule has 0 atom stereocenters. The van der Waals surface area contributed by atoms with Crippen molar-refractivity contribution in [3.05, 3.63) is 18.6 Å². The van der Waals surface area contributed by atoms with Gasteiger partial charge in [-0.1, -0.05) is 19.4 Å². The van der Waals surface area contributed by atoms with Crippen molar-refractivity contribution in [1.29, 1.82) is 0 Å². The van der Waals surface area contributed by atoms with Crippen LogP contribution in [0.4, 0.5) is 19.4 Å². The summed E-state index contributed by atoms with van der Waals surface area (Å²) in [6.45, 7) is 0. The Morgan fingerprint density at radius 2 is 1.64 bits per heavy atom. The van der Waals surface area contributed by atoms with Crippen molar-refractivity contribution in [2.24, 2.45) is 0 Å². The van der Waals surface area contributed by atoms with E-state index in [9.17, 15) is 19.4 Å². The van der Waals surface area contributed by atoms with Gasteiger partial charge in [-0.2, -0.15) is 0 Å². The molecule has 0 aromatic carbocycles. The highest BCUT2D eigenvalue weighted by Gasteiger charge is 2.66. The summed E-state index contributed by atoms with van der Waals surface area (Å²) in [6.07, 6.45) is 0.536. The summed E-state index contributed by atoms with van der Waals surface area (Å²) in [4.78, 5) is -2.00. The molecule has 11 heavy (non-hydrogen) atoms. The second-order valence-corrected chi connectivity index (χ2v) is 4.34. The van der Waals surface area contributed by atoms with E-state index in [0.29, 0.717) is 6.26 Å². The van der Waals surface area contributed by atoms with Crippen LogP contribution in [-0.2, 0) is 0 Å². The zero-order valence-electron chi connectivity index (χ0n) is 4.94. The Labute approximate surface area is 58.5 Å². The van der Waals surface area contributed by atoms with E-state index in [4.69, 9.17) is 0 Å². The number of furan rings is 1. The fourth-order valence-corrected chi connectivity index (χ4v) is 1.02. The molecule has 1 aromatic rings. The third-order valence-corrected chi connectivity index (χ3v) is 2.06. The van der Waals surface area contributed by atoms with E-state index in [1.54, 1.807) is 0 Å². The number of halogens is 5. The first-order valence-electron chi connectivity index (χ1n) is 2.36. The second kappa shape index (κ2) is 1.40. The third-order valence-electron chi connectivity index (χ3n) is 0.941. The minimum atomic E-state index is -9.46. The molecule has 0 aliphatic heterocycles. The van der Waals surface area contributed by atoms with Gasteiger partial charge < -0.3 is 4.42 Å². The highest BCUT2D eigenvalue weighted by molar-refractivity contribution is 8.45. The molecule has 0 fully saturated rings. The Kier molecular flexibility index (Phi) is 1.07. The van der Waals surface area contributed by atoms with Gasteiger partial charge in [0, 0.05) is 0 Å². The lowest BCUT2D eigenvalue weighted by atomic mass is 10.7. The molecule has 0 amide bonds. The van der Waals surface area contributed by atoms with Gasteiger partial charge in [0.25, 0.3) is 0 Å². The van der Waals surface area contributed by atoms with Crippen molar-refractivity contribution < 1.29 is 23.8 Å². The molecule has 0 spiro atoms. The van der Waals surface area contributed by atoms with E-state index in [1.807, 2.05) is 0 Å². The molecule has 0 unspecified atom stereocenters. The van der Waals surface area contributed by atoms with Gasteiger partial charge in [0.15, 0.2) is 0 Å². The first-order chi connectivity index (χ1) is 4.59. The highest BCUT2D eigenvalue weighted by atomic mass is 32.5. The Bertz CT molecular complexity index is 257. The molecule has 0 bridgehead atoms. The van der Waals surface area contributed by atoms with Crippen LogP contribution in [0.1, 0.15) is 0 Å². The van der Waals surface area contributed by atoms with E-state index >= 15 is 0 Å².